The van der Waals surface area contributed by atoms with Gasteiger partial charge in [-0.25, -0.2) is 4.79 Å². The van der Waals surface area contributed by atoms with E-state index in [1.807, 2.05) is 31.2 Å². The highest BCUT2D eigenvalue weighted by Crippen LogP contribution is 2.16. The van der Waals surface area contributed by atoms with Gasteiger partial charge < -0.3 is 9.64 Å². The number of rotatable bonds is 7. The average Bonchev–Trinajstić information content (AvgIpc) is 2.63. The fourth-order valence-corrected chi connectivity index (χ4v) is 2.63. The van der Waals surface area contributed by atoms with Gasteiger partial charge in [-0.1, -0.05) is 29.8 Å². The second kappa shape index (κ2) is 8.47. The van der Waals surface area contributed by atoms with Crippen LogP contribution in [0.5, 0.6) is 0 Å². The smallest absolute Gasteiger partial charge is 0.338 e. The van der Waals surface area contributed by atoms with Crippen molar-refractivity contribution in [2.24, 2.45) is 0 Å². The number of aryl methyl sites for hydroxylation is 1. The predicted molar refractivity (Wildman–Crippen MR) is 100 cm³/mol. The van der Waals surface area contributed by atoms with Crippen LogP contribution in [0.15, 0.2) is 48.5 Å². The van der Waals surface area contributed by atoms with E-state index in [0.717, 1.165) is 24.3 Å². The molecule has 0 unspecified atom stereocenters. The number of ketones is 1. The van der Waals surface area contributed by atoms with Gasteiger partial charge in [0, 0.05) is 24.3 Å². The first-order valence-corrected chi connectivity index (χ1v) is 8.63. The lowest BCUT2D eigenvalue weighted by Crippen LogP contribution is -2.24. The Labute approximate surface area is 149 Å². The molecule has 0 aliphatic rings. The minimum atomic E-state index is -0.822. The van der Waals surface area contributed by atoms with Crippen molar-refractivity contribution in [3.05, 3.63) is 65.2 Å². The van der Waals surface area contributed by atoms with Crippen molar-refractivity contribution in [3.8, 4) is 0 Å². The van der Waals surface area contributed by atoms with Crippen LogP contribution in [0.3, 0.4) is 0 Å². The molecule has 4 heteroatoms. The van der Waals surface area contributed by atoms with Crippen molar-refractivity contribution in [3.63, 3.8) is 0 Å². The van der Waals surface area contributed by atoms with Crippen molar-refractivity contribution in [1.82, 2.24) is 0 Å². The molecule has 1 atom stereocenters. The Hall–Kier alpha value is -2.62. The Morgan fingerprint density at radius 1 is 0.920 bits per heavy atom. The van der Waals surface area contributed by atoms with Crippen LogP contribution in [0.4, 0.5) is 5.69 Å². The van der Waals surface area contributed by atoms with Crippen LogP contribution in [0.25, 0.3) is 0 Å². The van der Waals surface area contributed by atoms with Gasteiger partial charge in [0.2, 0.25) is 5.78 Å². The molecule has 0 fully saturated rings. The molecule has 0 saturated heterocycles. The first-order valence-electron chi connectivity index (χ1n) is 8.63. The zero-order valence-electron chi connectivity index (χ0n) is 15.3. The standard InChI is InChI=1S/C21H25NO3/c1-5-22(6-2)19-13-11-18(12-14-19)21(24)25-16(4)20(23)17-9-7-15(3)8-10-17/h7-14,16H,5-6H2,1-4H3/t16-/m0/s1. The van der Waals surface area contributed by atoms with Crippen LogP contribution in [-0.2, 0) is 4.74 Å². The van der Waals surface area contributed by atoms with Crippen LogP contribution in [0.2, 0.25) is 0 Å². The van der Waals surface area contributed by atoms with Crippen molar-refractivity contribution < 1.29 is 14.3 Å². The molecule has 25 heavy (non-hydrogen) atoms. The second-order valence-corrected chi connectivity index (χ2v) is 6.00. The Balaban J connectivity index is 2.03. The summed E-state index contributed by atoms with van der Waals surface area (Å²) in [7, 11) is 0. The summed E-state index contributed by atoms with van der Waals surface area (Å²) >= 11 is 0. The van der Waals surface area contributed by atoms with Crippen molar-refractivity contribution in [2.45, 2.75) is 33.8 Å². The maximum absolute atomic E-state index is 12.4. The lowest BCUT2D eigenvalue weighted by molar-refractivity contribution is 0.0319. The molecule has 0 N–H and O–H groups in total. The van der Waals surface area contributed by atoms with Crippen molar-refractivity contribution in [1.29, 1.82) is 0 Å². The molecule has 0 aliphatic heterocycles. The number of carbonyl (C=O) groups excluding carboxylic acids is 2. The largest absolute Gasteiger partial charge is 0.451 e. The third kappa shape index (κ3) is 4.69. The molecule has 0 bridgehead atoms. The minimum Gasteiger partial charge on any atom is -0.451 e. The van der Waals surface area contributed by atoms with E-state index in [-0.39, 0.29) is 5.78 Å². The molecule has 0 saturated carbocycles. The first kappa shape index (κ1) is 18.7. The summed E-state index contributed by atoms with van der Waals surface area (Å²) in [6, 6.07) is 14.5. The number of hydrogen-bond acceptors (Lipinski definition) is 4. The Morgan fingerprint density at radius 3 is 1.96 bits per heavy atom. The molecule has 2 rings (SSSR count). The van der Waals surface area contributed by atoms with Gasteiger partial charge in [0.25, 0.3) is 0 Å². The fourth-order valence-electron chi connectivity index (χ4n) is 2.63. The van der Waals surface area contributed by atoms with Crippen LogP contribution < -0.4 is 4.90 Å². The second-order valence-electron chi connectivity index (χ2n) is 6.00. The molecule has 0 radical (unpaired) electrons. The molecule has 4 nitrogen and oxygen atoms in total. The SMILES string of the molecule is CCN(CC)c1ccc(C(=O)O[C@@H](C)C(=O)c2ccc(C)cc2)cc1. The van der Waals surface area contributed by atoms with Crippen LogP contribution in [-0.4, -0.2) is 30.9 Å². The van der Waals surface area contributed by atoms with E-state index in [1.165, 1.54) is 0 Å². The monoisotopic (exact) mass is 339 g/mol. The molecule has 0 aliphatic carbocycles. The van der Waals surface area contributed by atoms with Crippen LogP contribution >= 0.6 is 0 Å². The molecule has 0 heterocycles. The van der Waals surface area contributed by atoms with Gasteiger partial charge in [-0.2, -0.15) is 0 Å². The third-order valence-corrected chi connectivity index (χ3v) is 4.22. The highest BCUT2D eigenvalue weighted by molar-refractivity contribution is 6.01. The molecule has 2 aromatic rings. The zero-order valence-corrected chi connectivity index (χ0v) is 15.3. The van der Waals surface area contributed by atoms with Gasteiger partial charge in [0.15, 0.2) is 6.10 Å². The summed E-state index contributed by atoms with van der Waals surface area (Å²) in [6.45, 7) is 9.54. The van der Waals surface area contributed by atoms with E-state index in [1.54, 1.807) is 31.2 Å². The number of hydrogen-bond donors (Lipinski definition) is 0. The zero-order chi connectivity index (χ0) is 18.4. The molecule has 132 valence electrons. The Kier molecular flexibility index (Phi) is 6.34. The van der Waals surface area contributed by atoms with Gasteiger partial charge in [-0.05, 0) is 52.0 Å². The molecule has 0 spiro atoms. The lowest BCUT2D eigenvalue weighted by atomic mass is 10.1. The normalized spacial score (nSPS) is 11.7. The molecule has 2 aromatic carbocycles. The fraction of sp³-hybridized carbons (Fsp3) is 0.333. The summed E-state index contributed by atoms with van der Waals surface area (Å²) in [5.41, 5.74) is 3.13. The maximum atomic E-state index is 12.4. The van der Waals surface area contributed by atoms with Crippen LogP contribution in [0.1, 0.15) is 47.1 Å². The Morgan fingerprint density at radius 2 is 1.44 bits per heavy atom. The first-order chi connectivity index (χ1) is 12.0. The van der Waals surface area contributed by atoms with Gasteiger partial charge in [-0.15, -0.1) is 0 Å². The maximum Gasteiger partial charge on any atom is 0.338 e. The number of esters is 1. The number of carbonyl (C=O) groups is 2. The summed E-state index contributed by atoms with van der Waals surface area (Å²) in [5.74, 6) is -0.688. The minimum absolute atomic E-state index is 0.201. The number of ether oxygens (including phenoxy) is 1. The molecule has 0 aromatic heterocycles. The summed E-state index contributed by atoms with van der Waals surface area (Å²) < 4.78 is 5.33. The average molecular weight is 339 g/mol. The Bertz CT molecular complexity index is 716. The van der Waals surface area contributed by atoms with E-state index < -0.39 is 12.1 Å². The third-order valence-electron chi connectivity index (χ3n) is 4.22. The van der Waals surface area contributed by atoms with E-state index in [9.17, 15) is 9.59 Å². The van der Waals surface area contributed by atoms with Crippen LogP contribution in [0, 0.1) is 6.92 Å². The van der Waals surface area contributed by atoms with E-state index in [4.69, 9.17) is 4.74 Å². The predicted octanol–water partition coefficient (Wildman–Crippen LogP) is 4.27. The van der Waals surface area contributed by atoms with Gasteiger partial charge in [0.1, 0.15) is 0 Å². The quantitative estimate of drug-likeness (QED) is 0.558. The van der Waals surface area contributed by atoms with Gasteiger partial charge in [-0.3, -0.25) is 4.79 Å². The van der Waals surface area contributed by atoms with E-state index in [2.05, 4.69) is 18.7 Å². The van der Waals surface area contributed by atoms with Crippen molar-refractivity contribution in [2.75, 3.05) is 18.0 Å². The van der Waals surface area contributed by atoms with Crippen molar-refractivity contribution >= 4 is 17.4 Å². The molecular formula is C21H25NO3. The summed E-state index contributed by atoms with van der Waals surface area (Å²) in [6.07, 6.45) is -0.822. The topological polar surface area (TPSA) is 46.6 Å². The summed E-state index contributed by atoms with van der Waals surface area (Å²) in [5, 5.41) is 0. The van der Waals surface area contributed by atoms with Gasteiger partial charge in [0.05, 0.1) is 5.56 Å². The highest BCUT2D eigenvalue weighted by Gasteiger charge is 2.20. The number of benzene rings is 2. The lowest BCUT2D eigenvalue weighted by Gasteiger charge is -2.21. The number of nitrogens with zero attached hydrogens (tertiary/aromatic N) is 1. The molecular weight excluding hydrogens is 314 g/mol. The summed E-state index contributed by atoms with van der Waals surface area (Å²) in [4.78, 5) is 26.8. The van der Waals surface area contributed by atoms with E-state index in [0.29, 0.717) is 11.1 Å². The van der Waals surface area contributed by atoms with Gasteiger partial charge >= 0.3 is 5.97 Å². The highest BCUT2D eigenvalue weighted by atomic mass is 16.5. The molecule has 0 amide bonds. The number of anilines is 1. The van der Waals surface area contributed by atoms with E-state index >= 15 is 0 Å². The number of Topliss-reactive ketones (excluding diaryl/α,β-unsaturated/α-hetero) is 1.